The van der Waals surface area contributed by atoms with Crippen LogP contribution in [0, 0.1) is 6.92 Å². The molecule has 0 radical (unpaired) electrons. The van der Waals surface area contributed by atoms with Crippen LogP contribution in [-0.4, -0.2) is 15.5 Å². The number of rotatable bonds is 3. The van der Waals surface area contributed by atoms with Crippen LogP contribution in [0.15, 0.2) is 48.7 Å². The first-order chi connectivity index (χ1) is 11.4. The number of nitrogens with one attached hydrogen (secondary N) is 1. The topological polar surface area (TPSA) is 46.4 Å². The fourth-order valence-electron chi connectivity index (χ4n) is 2.48. The molecule has 2 aromatic heterocycles. The number of fused-ring (bicyclic) bond motifs is 1. The van der Waals surface area contributed by atoms with Crippen molar-refractivity contribution in [3.8, 4) is 0 Å². The molecular weight excluding hydrogens is 319 g/mol. The molecule has 4 nitrogen and oxygen atoms in total. The van der Waals surface area contributed by atoms with Crippen LogP contribution in [0.2, 0.25) is 0 Å². The lowest BCUT2D eigenvalue weighted by Crippen LogP contribution is -2.23. The fourth-order valence-corrected chi connectivity index (χ4v) is 2.48. The SMILES string of the molecule is Cc1nn2ccccc2c1C(=O)NCc1ccc(C(F)(F)F)cc1. The van der Waals surface area contributed by atoms with Crippen molar-refractivity contribution >= 4 is 11.4 Å². The van der Waals surface area contributed by atoms with Gasteiger partial charge in [0.1, 0.15) is 0 Å². The maximum Gasteiger partial charge on any atom is 0.416 e. The molecule has 1 amide bonds. The Labute approximate surface area is 135 Å². The van der Waals surface area contributed by atoms with Crippen molar-refractivity contribution in [1.82, 2.24) is 14.9 Å². The number of aromatic nitrogens is 2. The van der Waals surface area contributed by atoms with Gasteiger partial charge in [-0.05, 0) is 36.8 Å². The molecule has 0 atom stereocenters. The molecule has 0 unspecified atom stereocenters. The molecule has 2 heterocycles. The molecule has 3 aromatic rings. The van der Waals surface area contributed by atoms with E-state index in [2.05, 4.69) is 10.4 Å². The van der Waals surface area contributed by atoms with E-state index in [9.17, 15) is 18.0 Å². The third kappa shape index (κ3) is 3.10. The Morgan fingerprint density at radius 1 is 1.17 bits per heavy atom. The molecule has 24 heavy (non-hydrogen) atoms. The van der Waals surface area contributed by atoms with Gasteiger partial charge in [0.25, 0.3) is 5.91 Å². The van der Waals surface area contributed by atoms with Gasteiger partial charge in [0.15, 0.2) is 0 Å². The second kappa shape index (κ2) is 5.99. The van der Waals surface area contributed by atoms with Gasteiger partial charge in [0.2, 0.25) is 0 Å². The van der Waals surface area contributed by atoms with Crippen molar-refractivity contribution in [2.24, 2.45) is 0 Å². The molecule has 124 valence electrons. The number of carbonyl (C=O) groups is 1. The average molecular weight is 333 g/mol. The second-order valence-corrected chi connectivity index (χ2v) is 5.37. The summed E-state index contributed by atoms with van der Waals surface area (Å²) in [5.41, 5.74) is 1.61. The minimum atomic E-state index is -4.37. The summed E-state index contributed by atoms with van der Waals surface area (Å²) in [5, 5.41) is 6.98. The summed E-state index contributed by atoms with van der Waals surface area (Å²) < 4.78 is 39.2. The Kier molecular flexibility index (Phi) is 4.01. The van der Waals surface area contributed by atoms with Crippen molar-refractivity contribution in [3.05, 3.63) is 71.0 Å². The van der Waals surface area contributed by atoms with E-state index in [1.165, 1.54) is 12.1 Å². The monoisotopic (exact) mass is 333 g/mol. The number of alkyl halides is 3. The van der Waals surface area contributed by atoms with Crippen LogP contribution in [0.3, 0.4) is 0 Å². The molecule has 0 saturated carbocycles. The van der Waals surface area contributed by atoms with Crippen molar-refractivity contribution < 1.29 is 18.0 Å². The second-order valence-electron chi connectivity index (χ2n) is 5.37. The molecule has 0 fully saturated rings. The first-order valence-corrected chi connectivity index (χ1v) is 7.24. The minimum Gasteiger partial charge on any atom is -0.348 e. The molecule has 1 N–H and O–H groups in total. The van der Waals surface area contributed by atoms with Crippen LogP contribution in [0.5, 0.6) is 0 Å². The number of halogens is 3. The quantitative estimate of drug-likeness (QED) is 0.796. The maximum atomic E-state index is 12.5. The number of hydrogen-bond acceptors (Lipinski definition) is 2. The number of aryl methyl sites for hydroxylation is 1. The van der Waals surface area contributed by atoms with E-state index in [0.717, 1.165) is 12.1 Å². The number of hydrogen-bond donors (Lipinski definition) is 1. The van der Waals surface area contributed by atoms with E-state index < -0.39 is 11.7 Å². The summed E-state index contributed by atoms with van der Waals surface area (Å²) in [7, 11) is 0. The van der Waals surface area contributed by atoms with Crippen molar-refractivity contribution in [2.75, 3.05) is 0 Å². The van der Waals surface area contributed by atoms with Gasteiger partial charge in [-0.1, -0.05) is 18.2 Å². The highest BCUT2D eigenvalue weighted by Gasteiger charge is 2.29. The van der Waals surface area contributed by atoms with E-state index in [4.69, 9.17) is 0 Å². The van der Waals surface area contributed by atoms with Gasteiger partial charge < -0.3 is 5.32 Å². The lowest BCUT2D eigenvalue weighted by atomic mass is 10.1. The summed E-state index contributed by atoms with van der Waals surface area (Å²) in [5.74, 6) is -0.311. The van der Waals surface area contributed by atoms with Crippen LogP contribution in [0.4, 0.5) is 13.2 Å². The van der Waals surface area contributed by atoms with Crippen LogP contribution < -0.4 is 5.32 Å². The molecule has 0 aliphatic heterocycles. The summed E-state index contributed by atoms with van der Waals surface area (Å²) in [6.45, 7) is 1.88. The van der Waals surface area contributed by atoms with Gasteiger partial charge >= 0.3 is 6.18 Å². The van der Waals surface area contributed by atoms with E-state index in [0.29, 0.717) is 22.3 Å². The standard InChI is InChI=1S/C17H14F3N3O/c1-11-15(14-4-2-3-9-23(14)22-11)16(24)21-10-12-5-7-13(8-6-12)17(18,19)20/h2-9H,10H2,1H3,(H,21,24). The molecule has 0 bridgehead atoms. The number of amides is 1. The molecule has 3 rings (SSSR count). The van der Waals surface area contributed by atoms with Gasteiger partial charge in [0, 0.05) is 12.7 Å². The van der Waals surface area contributed by atoms with E-state index >= 15 is 0 Å². The summed E-state index contributed by atoms with van der Waals surface area (Å²) in [6, 6.07) is 10.1. The van der Waals surface area contributed by atoms with Gasteiger partial charge in [-0.15, -0.1) is 0 Å². The Morgan fingerprint density at radius 2 is 1.88 bits per heavy atom. The number of carbonyl (C=O) groups excluding carboxylic acids is 1. The molecule has 0 spiro atoms. The predicted molar refractivity (Wildman–Crippen MR) is 82.5 cm³/mol. The van der Waals surface area contributed by atoms with E-state index in [-0.39, 0.29) is 12.5 Å². The van der Waals surface area contributed by atoms with Crippen LogP contribution in [-0.2, 0) is 12.7 Å². The van der Waals surface area contributed by atoms with Crippen LogP contribution >= 0.6 is 0 Å². The van der Waals surface area contributed by atoms with E-state index in [1.807, 2.05) is 12.1 Å². The van der Waals surface area contributed by atoms with Gasteiger partial charge in [-0.25, -0.2) is 4.52 Å². The molecular formula is C17H14F3N3O. The van der Waals surface area contributed by atoms with Gasteiger partial charge in [-0.3, -0.25) is 4.79 Å². The predicted octanol–water partition coefficient (Wildman–Crippen LogP) is 3.59. The van der Waals surface area contributed by atoms with Crippen molar-refractivity contribution in [3.63, 3.8) is 0 Å². The lowest BCUT2D eigenvalue weighted by molar-refractivity contribution is -0.137. The maximum absolute atomic E-state index is 12.5. The Balaban J connectivity index is 1.74. The molecule has 0 aliphatic carbocycles. The summed E-state index contributed by atoms with van der Waals surface area (Å²) in [4.78, 5) is 12.4. The molecule has 0 saturated heterocycles. The third-order valence-corrected chi connectivity index (χ3v) is 3.68. The number of benzene rings is 1. The van der Waals surface area contributed by atoms with Crippen molar-refractivity contribution in [2.45, 2.75) is 19.6 Å². The smallest absolute Gasteiger partial charge is 0.348 e. The number of nitrogens with zero attached hydrogens (tertiary/aromatic N) is 2. The summed E-state index contributed by atoms with van der Waals surface area (Å²) >= 11 is 0. The highest BCUT2D eigenvalue weighted by Crippen LogP contribution is 2.29. The lowest BCUT2D eigenvalue weighted by Gasteiger charge is -2.08. The van der Waals surface area contributed by atoms with Crippen molar-refractivity contribution in [1.29, 1.82) is 0 Å². The highest BCUT2D eigenvalue weighted by molar-refractivity contribution is 6.01. The largest absolute Gasteiger partial charge is 0.416 e. The zero-order valence-electron chi connectivity index (χ0n) is 12.8. The Bertz CT molecular complexity index is 882. The Hall–Kier alpha value is -2.83. The first kappa shape index (κ1) is 16.0. The van der Waals surface area contributed by atoms with Crippen LogP contribution in [0.1, 0.15) is 27.2 Å². The third-order valence-electron chi connectivity index (χ3n) is 3.68. The van der Waals surface area contributed by atoms with E-state index in [1.54, 1.807) is 23.7 Å². The highest BCUT2D eigenvalue weighted by atomic mass is 19.4. The summed E-state index contributed by atoms with van der Waals surface area (Å²) in [6.07, 6.45) is -2.62. The normalized spacial score (nSPS) is 11.7. The number of pyridine rings is 1. The van der Waals surface area contributed by atoms with Crippen LogP contribution in [0.25, 0.3) is 5.52 Å². The zero-order chi connectivity index (χ0) is 17.3. The molecule has 7 heteroatoms. The average Bonchev–Trinajstić information content (AvgIpc) is 2.88. The first-order valence-electron chi connectivity index (χ1n) is 7.24. The fraction of sp³-hybridized carbons (Fsp3) is 0.176. The Morgan fingerprint density at radius 3 is 2.54 bits per heavy atom. The molecule has 1 aromatic carbocycles. The molecule has 0 aliphatic rings. The van der Waals surface area contributed by atoms with Gasteiger partial charge in [-0.2, -0.15) is 18.3 Å². The zero-order valence-corrected chi connectivity index (χ0v) is 12.8. The van der Waals surface area contributed by atoms with Gasteiger partial charge in [0.05, 0.1) is 22.3 Å². The minimum absolute atomic E-state index is 0.139.